The smallest absolute Gasteiger partial charge is 0.267 e. The molecule has 1 amide bonds. The van der Waals surface area contributed by atoms with E-state index in [4.69, 9.17) is 0 Å². The summed E-state index contributed by atoms with van der Waals surface area (Å²) < 4.78 is 0. The van der Waals surface area contributed by atoms with Crippen molar-refractivity contribution in [3.8, 4) is 0 Å². The predicted octanol–water partition coefficient (Wildman–Crippen LogP) is 1.68. The van der Waals surface area contributed by atoms with Gasteiger partial charge in [-0.25, -0.2) is 4.99 Å². The van der Waals surface area contributed by atoms with Gasteiger partial charge < -0.3 is 0 Å². The van der Waals surface area contributed by atoms with Crippen LogP contribution >= 0.6 is 12.4 Å². The lowest BCUT2D eigenvalue weighted by Crippen LogP contribution is -1.89. The molecule has 56 valence electrons. The highest BCUT2D eigenvalue weighted by Gasteiger charge is 2.12. The summed E-state index contributed by atoms with van der Waals surface area (Å²) in [4.78, 5) is 14.5. The molecule has 0 saturated heterocycles. The Balaban J connectivity index is 0.000000605. The molecule has 3 heteroatoms. The lowest BCUT2D eigenvalue weighted by atomic mass is 10.1. The average molecular weight is 168 g/mol. The maximum atomic E-state index is 10.9. The summed E-state index contributed by atoms with van der Waals surface area (Å²) in [6, 6.07) is 7.39. The topological polar surface area (TPSA) is 29.4 Å². The molecule has 0 bridgehead atoms. The zero-order valence-corrected chi connectivity index (χ0v) is 6.47. The second-order valence-electron chi connectivity index (χ2n) is 2.15. The van der Waals surface area contributed by atoms with Gasteiger partial charge in [-0.05, 0) is 6.07 Å². The van der Waals surface area contributed by atoms with Crippen molar-refractivity contribution in [1.29, 1.82) is 0 Å². The van der Waals surface area contributed by atoms with Crippen LogP contribution in [0.1, 0.15) is 15.9 Å². The van der Waals surface area contributed by atoms with Crippen LogP contribution in [0, 0.1) is 0 Å². The molecule has 1 heterocycles. The van der Waals surface area contributed by atoms with E-state index in [-0.39, 0.29) is 18.3 Å². The molecule has 0 fully saturated rings. The number of carbonyl (C=O) groups is 1. The van der Waals surface area contributed by atoms with Gasteiger partial charge in [0.2, 0.25) is 0 Å². The van der Waals surface area contributed by atoms with E-state index in [0.717, 1.165) is 5.56 Å². The molecular weight excluding hydrogens is 162 g/mol. The molecule has 2 rings (SSSR count). The number of fused-ring (bicyclic) bond motifs is 1. The van der Waals surface area contributed by atoms with Crippen molar-refractivity contribution in [3.05, 3.63) is 35.4 Å². The minimum atomic E-state index is -0.129. The van der Waals surface area contributed by atoms with E-state index in [1.807, 2.05) is 18.2 Å². The van der Waals surface area contributed by atoms with Gasteiger partial charge in [-0.3, -0.25) is 4.79 Å². The highest BCUT2D eigenvalue weighted by atomic mass is 35.5. The molecule has 0 spiro atoms. The maximum absolute atomic E-state index is 10.9. The molecular formula is C8H6ClNO. The molecule has 0 atom stereocenters. The van der Waals surface area contributed by atoms with E-state index >= 15 is 0 Å². The monoisotopic (exact) mass is 167 g/mol. The number of nitrogens with zero attached hydrogens (tertiary/aromatic N) is 1. The first-order valence-corrected chi connectivity index (χ1v) is 3.05. The van der Waals surface area contributed by atoms with Crippen LogP contribution in [-0.4, -0.2) is 12.1 Å². The van der Waals surface area contributed by atoms with Gasteiger partial charge in [-0.2, -0.15) is 0 Å². The largest absolute Gasteiger partial charge is 0.277 e. The van der Waals surface area contributed by atoms with Gasteiger partial charge >= 0.3 is 0 Å². The molecule has 0 aromatic heterocycles. The summed E-state index contributed by atoms with van der Waals surface area (Å²) in [5, 5.41) is 0. The Kier molecular flexibility index (Phi) is 2.06. The van der Waals surface area contributed by atoms with E-state index in [1.54, 1.807) is 12.3 Å². The van der Waals surface area contributed by atoms with E-state index < -0.39 is 0 Å². The molecule has 0 N–H and O–H groups in total. The highest BCUT2D eigenvalue weighted by molar-refractivity contribution is 6.12. The molecule has 1 aromatic carbocycles. The quantitative estimate of drug-likeness (QED) is 0.578. The summed E-state index contributed by atoms with van der Waals surface area (Å²) in [6.07, 6.45) is 1.59. The van der Waals surface area contributed by atoms with Gasteiger partial charge in [0.25, 0.3) is 5.91 Å². The van der Waals surface area contributed by atoms with Gasteiger partial charge in [0.1, 0.15) is 0 Å². The van der Waals surface area contributed by atoms with Crippen LogP contribution in [0.2, 0.25) is 0 Å². The van der Waals surface area contributed by atoms with Gasteiger partial charge in [0.15, 0.2) is 0 Å². The van der Waals surface area contributed by atoms with E-state index in [9.17, 15) is 4.79 Å². The van der Waals surface area contributed by atoms with Crippen molar-refractivity contribution in [2.75, 3.05) is 0 Å². The highest BCUT2D eigenvalue weighted by Crippen LogP contribution is 2.12. The van der Waals surface area contributed by atoms with Crippen LogP contribution < -0.4 is 0 Å². The molecule has 11 heavy (non-hydrogen) atoms. The Morgan fingerprint density at radius 1 is 1.18 bits per heavy atom. The van der Waals surface area contributed by atoms with E-state index in [1.165, 1.54) is 0 Å². The SMILES string of the molecule is Cl.O=C1N=Cc2ccccc21. The Labute approximate surface area is 70.4 Å². The number of carbonyl (C=O) groups excluding carboxylic acids is 1. The Hall–Kier alpha value is -1.15. The van der Waals surface area contributed by atoms with Crippen LogP contribution in [0.15, 0.2) is 29.3 Å². The van der Waals surface area contributed by atoms with Crippen LogP contribution in [0.5, 0.6) is 0 Å². The normalized spacial score (nSPS) is 12.5. The van der Waals surface area contributed by atoms with Gasteiger partial charge in [-0.15, -0.1) is 12.4 Å². The number of aliphatic imine (C=N–C) groups is 1. The first-order valence-electron chi connectivity index (χ1n) is 3.05. The van der Waals surface area contributed by atoms with E-state index in [2.05, 4.69) is 4.99 Å². The third-order valence-electron chi connectivity index (χ3n) is 1.51. The minimum Gasteiger partial charge on any atom is -0.267 e. The second kappa shape index (κ2) is 2.84. The molecule has 0 radical (unpaired) electrons. The summed E-state index contributed by atoms with van der Waals surface area (Å²) in [5.41, 5.74) is 1.63. The maximum Gasteiger partial charge on any atom is 0.277 e. The number of rotatable bonds is 0. The minimum absolute atomic E-state index is 0. The lowest BCUT2D eigenvalue weighted by Gasteiger charge is -1.89. The van der Waals surface area contributed by atoms with Crippen molar-refractivity contribution in [1.82, 2.24) is 0 Å². The molecule has 0 saturated carbocycles. The third-order valence-corrected chi connectivity index (χ3v) is 1.51. The fraction of sp³-hybridized carbons (Fsp3) is 0. The summed E-state index contributed by atoms with van der Waals surface area (Å²) in [7, 11) is 0. The average Bonchev–Trinajstić information content (AvgIpc) is 2.34. The number of amides is 1. The van der Waals surface area contributed by atoms with Crippen molar-refractivity contribution in [2.45, 2.75) is 0 Å². The fourth-order valence-electron chi connectivity index (χ4n) is 1.00. The number of hydrogen-bond donors (Lipinski definition) is 0. The molecule has 1 aliphatic heterocycles. The first-order chi connectivity index (χ1) is 4.88. The molecule has 1 aliphatic rings. The number of benzene rings is 1. The Morgan fingerprint density at radius 3 is 2.64 bits per heavy atom. The predicted molar refractivity (Wildman–Crippen MR) is 45.6 cm³/mol. The van der Waals surface area contributed by atoms with Gasteiger partial charge in [0.05, 0.1) is 5.56 Å². The molecule has 1 aromatic rings. The fourth-order valence-corrected chi connectivity index (χ4v) is 1.00. The summed E-state index contributed by atoms with van der Waals surface area (Å²) >= 11 is 0. The van der Waals surface area contributed by atoms with Crippen LogP contribution in [0.25, 0.3) is 0 Å². The zero-order valence-electron chi connectivity index (χ0n) is 5.65. The van der Waals surface area contributed by atoms with Crippen molar-refractivity contribution in [3.63, 3.8) is 0 Å². The zero-order chi connectivity index (χ0) is 6.97. The first kappa shape index (κ1) is 7.95. The lowest BCUT2D eigenvalue weighted by molar-refractivity contribution is 0.101. The third kappa shape index (κ3) is 1.17. The van der Waals surface area contributed by atoms with E-state index in [0.29, 0.717) is 5.56 Å². The number of hydrogen-bond acceptors (Lipinski definition) is 1. The van der Waals surface area contributed by atoms with Gasteiger partial charge in [0, 0.05) is 11.8 Å². The second-order valence-corrected chi connectivity index (χ2v) is 2.15. The van der Waals surface area contributed by atoms with Gasteiger partial charge in [-0.1, -0.05) is 18.2 Å². The van der Waals surface area contributed by atoms with Crippen molar-refractivity contribution < 1.29 is 4.79 Å². The van der Waals surface area contributed by atoms with Crippen LogP contribution in [-0.2, 0) is 0 Å². The number of halogens is 1. The Morgan fingerprint density at radius 2 is 1.91 bits per heavy atom. The molecule has 0 unspecified atom stereocenters. The van der Waals surface area contributed by atoms with Crippen LogP contribution in [0.3, 0.4) is 0 Å². The summed E-state index contributed by atoms with van der Waals surface area (Å²) in [5.74, 6) is -0.129. The molecule has 2 nitrogen and oxygen atoms in total. The van der Waals surface area contributed by atoms with Crippen molar-refractivity contribution in [2.24, 2.45) is 4.99 Å². The molecule has 0 aliphatic carbocycles. The Bertz CT molecular complexity index is 320. The van der Waals surface area contributed by atoms with Crippen molar-refractivity contribution >= 4 is 24.5 Å². The summed E-state index contributed by atoms with van der Waals surface area (Å²) in [6.45, 7) is 0. The van der Waals surface area contributed by atoms with Crippen LogP contribution in [0.4, 0.5) is 0 Å². The standard InChI is InChI=1S/C8H5NO.ClH/c10-8-7-4-2-1-3-6(7)5-9-8;/h1-5H;1H.